The first-order valence-corrected chi connectivity index (χ1v) is 2.92. The molecule has 0 spiro atoms. The summed E-state index contributed by atoms with van der Waals surface area (Å²) in [4.78, 5) is 3.68. The maximum Gasteiger partial charge on any atom is 1.00 e. The van der Waals surface area contributed by atoms with Gasteiger partial charge in [0.2, 0.25) is 0 Å². The van der Waals surface area contributed by atoms with Crippen molar-refractivity contribution in [3.8, 4) is 0 Å². The third kappa shape index (κ3) is 4.22. The summed E-state index contributed by atoms with van der Waals surface area (Å²) in [7, 11) is 0. The van der Waals surface area contributed by atoms with E-state index in [1.54, 1.807) is 24.3 Å². The molecule has 54 valence electrons. The molecule has 4 heteroatoms. The molecule has 3 nitrogen and oxygen atoms in total. The second-order valence-electron chi connectivity index (χ2n) is 2.00. The molecule has 1 aromatic carbocycles. The van der Waals surface area contributed by atoms with Gasteiger partial charge in [-0.15, -0.1) is 0 Å². The zero-order chi connectivity index (χ0) is 7.40. The number of benzene rings is 1. The van der Waals surface area contributed by atoms with Gasteiger partial charge in [-0.05, 0) is 17.7 Å². The van der Waals surface area contributed by atoms with Gasteiger partial charge in [-0.25, -0.2) is 0 Å². The summed E-state index contributed by atoms with van der Waals surface area (Å²) in [6, 6.07) is 6.98. The van der Waals surface area contributed by atoms with Gasteiger partial charge in [0, 0.05) is 5.69 Å². The molecule has 0 heterocycles. The molecule has 0 bridgehead atoms. The molecule has 0 aromatic heterocycles. The van der Waals surface area contributed by atoms with Crippen molar-refractivity contribution in [1.82, 2.24) is 0 Å². The number of hydrogen-bond donors (Lipinski definition) is 1. The zero-order valence-corrected chi connectivity index (χ0v) is 9.53. The molecule has 0 aliphatic heterocycles. The third-order valence-corrected chi connectivity index (χ3v) is 1.21. The predicted molar refractivity (Wildman–Crippen MR) is 35.6 cm³/mol. The SMILES string of the molecule is Nc1ccc(CO[O-])cc1.[K+]. The Balaban J connectivity index is 0.000001000. The maximum atomic E-state index is 9.65. The van der Waals surface area contributed by atoms with Crippen LogP contribution in [0.2, 0.25) is 0 Å². The van der Waals surface area contributed by atoms with Crippen LogP contribution in [0.15, 0.2) is 24.3 Å². The fourth-order valence-corrected chi connectivity index (χ4v) is 0.682. The van der Waals surface area contributed by atoms with Gasteiger partial charge in [0.05, 0.1) is 6.61 Å². The van der Waals surface area contributed by atoms with E-state index in [0.717, 1.165) is 5.56 Å². The first-order valence-electron chi connectivity index (χ1n) is 2.92. The summed E-state index contributed by atoms with van der Waals surface area (Å²) >= 11 is 0. The molecule has 0 radical (unpaired) electrons. The van der Waals surface area contributed by atoms with Gasteiger partial charge in [-0.3, -0.25) is 0 Å². The monoisotopic (exact) mass is 177 g/mol. The van der Waals surface area contributed by atoms with Crippen molar-refractivity contribution < 1.29 is 61.5 Å². The molecule has 0 saturated carbocycles. The molecular formula is C7H8KNO2. The van der Waals surface area contributed by atoms with Crippen LogP contribution in [0.25, 0.3) is 0 Å². The Morgan fingerprint density at radius 2 is 1.82 bits per heavy atom. The number of nitrogens with two attached hydrogens (primary N) is 1. The van der Waals surface area contributed by atoms with Crippen LogP contribution >= 0.6 is 0 Å². The van der Waals surface area contributed by atoms with E-state index in [1.165, 1.54) is 0 Å². The molecule has 0 unspecified atom stereocenters. The van der Waals surface area contributed by atoms with Crippen LogP contribution in [0.3, 0.4) is 0 Å². The molecule has 1 aromatic rings. The fourth-order valence-electron chi connectivity index (χ4n) is 0.682. The number of anilines is 1. The van der Waals surface area contributed by atoms with Crippen LogP contribution in [-0.4, -0.2) is 0 Å². The van der Waals surface area contributed by atoms with Gasteiger partial charge in [-0.1, -0.05) is 12.1 Å². The van der Waals surface area contributed by atoms with Crippen LogP contribution in [0.1, 0.15) is 5.56 Å². The second-order valence-corrected chi connectivity index (χ2v) is 2.00. The molecule has 11 heavy (non-hydrogen) atoms. The van der Waals surface area contributed by atoms with E-state index in [1.807, 2.05) is 0 Å². The number of nitrogen functional groups attached to an aromatic ring is 1. The largest absolute Gasteiger partial charge is 1.00 e. The second kappa shape index (κ2) is 6.13. The number of rotatable bonds is 2. The summed E-state index contributed by atoms with van der Waals surface area (Å²) in [5.41, 5.74) is 6.93. The van der Waals surface area contributed by atoms with E-state index in [9.17, 15) is 5.26 Å². The van der Waals surface area contributed by atoms with Gasteiger partial charge in [-0.2, -0.15) is 0 Å². The molecule has 0 aliphatic carbocycles. The fraction of sp³-hybridized carbons (Fsp3) is 0.143. The molecule has 1 rings (SSSR count). The van der Waals surface area contributed by atoms with E-state index in [-0.39, 0.29) is 58.0 Å². The van der Waals surface area contributed by atoms with E-state index >= 15 is 0 Å². The number of hydrogen-bond acceptors (Lipinski definition) is 3. The molecule has 0 amide bonds. The van der Waals surface area contributed by atoms with Crippen molar-refractivity contribution in [2.75, 3.05) is 5.73 Å². The third-order valence-electron chi connectivity index (χ3n) is 1.21. The smallest absolute Gasteiger partial charge is 0.723 e. The van der Waals surface area contributed by atoms with Gasteiger partial charge < -0.3 is 15.9 Å². The minimum atomic E-state index is 0. The predicted octanol–water partition coefficient (Wildman–Crippen LogP) is -2.94. The van der Waals surface area contributed by atoms with E-state index < -0.39 is 0 Å². The van der Waals surface area contributed by atoms with Crippen molar-refractivity contribution in [2.45, 2.75) is 6.61 Å². The van der Waals surface area contributed by atoms with Gasteiger partial charge >= 0.3 is 51.4 Å². The maximum absolute atomic E-state index is 9.65. The van der Waals surface area contributed by atoms with Gasteiger partial charge in [0.25, 0.3) is 0 Å². The average Bonchev–Trinajstić information content (AvgIpc) is 1.95. The molecule has 0 fully saturated rings. The Morgan fingerprint density at radius 3 is 2.27 bits per heavy atom. The average molecular weight is 177 g/mol. The zero-order valence-electron chi connectivity index (χ0n) is 6.41. The van der Waals surface area contributed by atoms with Crippen LogP contribution in [0, 0.1) is 0 Å². The van der Waals surface area contributed by atoms with Crippen molar-refractivity contribution >= 4 is 5.69 Å². The first-order chi connectivity index (χ1) is 4.83. The van der Waals surface area contributed by atoms with E-state index in [2.05, 4.69) is 4.89 Å². The standard InChI is InChI=1S/C7H9NO2.K/c8-7-3-1-6(2-4-7)5-10-9;/h1-4,9H,5,8H2;/q;+1/p-1. The normalized spacial score (nSPS) is 8.82. The topological polar surface area (TPSA) is 58.3 Å². The molecule has 2 N–H and O–H groups in total. The molecule has 0 saturated heterocycles. The van der Waals surface area contributed by atoms with Gasteiger partial charge in [0.1, 0.15) is 0 Å². The van der Waals surface area contributed by atoms with Crippen molar-refractivity contribution in [1.29, 1.82) is 0 Å². The molecule has 0 atom stereocenters. The van der Waals surface area contributed by atoms with E-state index in [0.29, 0.717) is 5.69 Å². The summed E-state index contributed by atoms with van der Waals surface area (Å²) in [6.07, 6.45) is 0. The Hall–Kier alpha value is 0.576. The Labute approximate surface area is 108 Å². The van der Waals surface area contributed by atoms with Crippen LogP contribution < -0.4 is 62.4 Å². The minimum absolute atomic E-state index is 0. The van der Waals surface area contributed by atoms with Crippen LogP contribution in [-0.2, 0) is 11.5 Å². The van der Waals surface area contributed by atoms with Crippen molar-refractivity contribution in [3.63, 3.8) is 0 Å². The van der Waals surface area contributed by atoms with Crippen LogP contribution in [0.4, 0.5) is 5.69 Å². The van der Waals surface area contributed by atoms with Gasteiger partial charge in [0.15, 0.2) is 0 Å². The van der Waals surface area contributed by atoms with Crippen LogP contribution in [0.5, 0.6) is 0 Å². The van der Waals surface area contributed by atoms with Crippen molar-refractivity contribution in [2.24, 2.45) is 0 Å². The summed E-state index contributed by atoms with van der Waals surface area (Å²) in [5, 5.41) is 9.65. The molecule has 0 aliphatic rings. The summed E-state index contributed by atoms with van der Waals surface area (Å²) in [6.45, 7) is 0.0975. The van der Waals surface area contributed by atoms with Crippen molar-refractivity contribution in [3.05, 3.63) is 29.8 Å². The Bertz CT molecular complexity index is 200. The first kappa shape index (κ1) is 11.6. The minimum Gasteiger partial charge on any atom is -0.723 e. The Kier molecular flexibility index (Phi) is 6.45. The Morgan fingerprint density at radius 1 is 1.27 bits per heavy atom. The summed E-state index contributed by atoms with van der Waals surface area (Å²) < 4.78 is 0. The molecular weight excluding hydrogens is 169 g/mol. The van der Waals surface area contributed by atoms with E-state index in [4.69, 9.17) is 5.73 Å². The quantitative estimate of drug-likeness (QED) is 0.228. The summed E-state index contributed by atoms with van der Waals surface area (Å²) in [5.74, 6) is 0.